The van der Waals surface area contributed by atoms with Crippen molar-refractivity contribution in [3.8, 4) is 11.3 Å². The van der Waals surface area contributed by atoms with Gasteiger partial charge in [-0.05, 0) is 39.1 Å². The molecule has 0 aliphatic carbocycles. The number of thiazole rings is 1. The van der Waals surface area contributed by atoms with Gasteiger partial charge in [0.1, 0.15) is 0 Å². The highest BCUT2D eigenvalue weighted by atomic mass is 35.5. The van der Waals surface area contributed by atoms with Crippen LogP contribution in [0.3, 0.4) is 0 Å². The predicted molar refractivity (Wildman–Crippen MR) is 97.7 cm³/mol. The van der Waals surface area contributed by atoms with Gasteiger partial charge in [-0.1, -0.05) is 12.1 Å². The number of carbonyl (C=O) groups excluding carboxylic acids is 1. The highest BCUT2D eigenvalue weighted by Crippen LogP contribution is 2.22. The maximum absolute atomic E-state index is 12.0. The first-order valence-electron chi connectivity index (χ1n) is 6.66. The van der Waals surface area contributed by atoms with Crippen molar-refractivity contribution in [3.05, 3.63) is 40.2 Å². The summed E-state index contributed by atoms with van der Waals surface area (Å²) >= 11 is 1.61. The molecule has 0 saturated carbocycles. The van der Waals surface area contributed by atoms with Crippen LogP contribution in [0.1, 0.15) is 21.8 Å². The second-order valence-corrected chi connectivity index (χ2v) is 5.61. The van der Waals surface area contributed by atoms with Crippen molar-refractivity contribution in [2.45, 2.75) is 13.3 Å². The lowest BCUT2D eigenvalue weighted by Crippen LogP contribution is -2.26. The van der Waals surface area contributed by atoms with Crippen molar-refractivity contribution in [1.82, 2.24) is 15.6 Å². The Hall–Kier alpha value is -1.14. The zero-order valence-electron chi connectivity index (χ0n) is 12.6. The number of amides is 1. The van der Waals surface area contributed by atoms with Crippen LogP contribution in [0, 0.1) is 6.92 Å². The lowest BCUT2D eigenvalue weighted by Gasteiger charge is -2.06. The summed E-state index contributed by atoms with van der Waals surface area (Å²) in [6.45, 7) is 3.56. The van der Waals surface area contributed by atoms with Crippen LogP contribution in [0.15, 0.2) is 29.6 Å². The lowest BCUT2D eigenvalue weighted by molar-refractivity contribution is 0.0953. The maximum Gasteiger partial charge on any atom is 0.251 e. The van der Waals surface area contributed by atoms with E-state index < -0.39 is 0 Å². The zero-order valence-corrected chi connectivity index (χ0v) is 15.0. The Kier molecular flexibility index (Phi) is 10.0. The topological polar surface area (TPSA) is 54.0 Å². The van der Waals surface area contributed by atoms with Gasteiger partial charge in [-0.2, -0.15) is 0 Å². The lowest BCUT2D eigenvalue weighted by atomic mass is 10.1. The summed E-state index contributed by atoms with van der Waals surface area (Å²) in [6, 6.07) is 7.59. The largest absolute Gasteiger partial charge is 0.352 e. The van der Waals surface area contributed by atoms with Crippen molar-refractivity contribution < 1.29 is 4.79 Å². The van der Waals surface area contributed by atoms with E-state index >= 15 is 0 Å². The summed E-state index contributed by atoms with van der Waals surface area (Å²) in [6.07, 6.45) is 0.924. The summed E-state index contributed by atoms with van der Waals surface area (Å²) in [7, 11) is 1.90. The van der Waals surface area contributed by atoms with Crippen molar-refractivity contribution in [3.63, 3.8) is 0 Å². The standard InChI is InChI=1S/C15H19N3OS.2ClH/c1-11-18-14(10-20-11)12-5-3-6-13(9-12)15(19)17-8-4-7-16-2;;/h3,5-6,9-10,16H,4,7-8H2,1-2H3,(H,17,19);2*1H. The van der Waals surface area contributed by atoms with Gasteiger partial charge in [-0.15, -0.1) is 36.2 Å². The number of halogens is 2. The minimum atomic E-state index is -0.0325. The van der Waals surface area contributed by atoms with Crippen molar-refractivity contribution in [2.24, 2.45) is 0 Å². The Bertz CT molecular complexity index is 590. The second kappa shape index (κ2) is 10.6. The van der Waals surface area contributed by atoms with Crippen molar-refractivity contribution in [2.75, 3.05) is 20.1 Å². The molecule has 22 heavy (non-hydrogen) atoms. The van der Waals surface area contributed by atoms with Gasteiger partial charge in [0.2, 0.25) is 0 Å². The van der Waals surface area contributed by atoms with E-state index in [9.17, 15) is 4.79 Å². The highest BCUT2D eigenvalue weighted by molar-refractivity contribution is 7.09. The number of hydrogen-bond acceptors (Lipinski definition) is 4. The highest BCUT2D eigenvalue weighted by Gasteiger charge is 2.08. The normalized spacial score (nSPS) is 9.55. The summed E-state index contributed by atoms with van der Waals surface area (Å²) in [4.78, 5) is 16.5. The van der Waals surface area contributed by atoms with Crippen molar-refractivity contribution >= 4 is 42.1 Å². The molecule has 0 bridgehead atoms. The average Bonchev–Trinajstić information content (AvgIpc) is 2.90. The number of rotatable bonds is 6. The van der Waals surface area contributed by atoms with E-state index in [2.05, 4.69) is 15.6 Å². The van der Waals surface area contributed by atoms with E-state index in [1.165, 1.54) is 0 Å². The van der Waals surface area contributed by atoms with Crippen LogP contribution in [-0.2, 0) is 0 Å². The summed E-state index contributed by atoms with van der Waals surface area (Å²) in [5, 5.41) is 9.02. The summed E-state index contributed by atoms with van der Waals surface area (Å²) in [5.41, 5.74) is 2.59. The molecule has 0 aliphatic rings. The minimum Gasteiger partial charge on any atom is -0.352 e. The first-order chi connectivity index (χ1) is 9.70. The van der Waals surface area contributed by atoms with E-state index in [0.29, 0.717) is 12.1 Å². The molecule has 1 amide bonds. The average molecular weight is 362 g/mol. The third-order valence-electron chi connectivity index (χ3n) is 2.93. The Balaban J connectivity index is 0.00000220. The van der Waals surface area contributed by atoms with Crippen LogP contribution >= 0.6 is 36.2 Å². The fraction of sp³-hybridized carbons (Fsp3) is 0.333. The van der Waals surface area contributed by atoms with Gasteiger partial charge in [0, 0.05) is 23.1 Å². The van der Waals surface area contributed by atoms with Gasteiger partial charge < -0.3 is 10.6 Å². The van der Waals surface area contributed by atoms with Gasteiger partial charge >= 0.3 is 0 Å². The monoisotopic (exact) mass is 361 g/mol. The first-order valence-corrected chi connectivity index (χ1v) is 7.54. The molecular formula is C15H21Cl2N3OS. The van der Waals surface area contributed by atoms with E-state index in [1.54, 1.807) is 11.3 Å². The molecule has 0 spiro atoms. The Morgan fingerprint density at radius 3 is 2.68 bits per heavy atom. The molecule has 122 valence electrons. The summed E-state index contributed by atoms with van der Waals surface area (Å²) in [5.74, 6) is -0.0325. The number of benzene rings is 1. The number of aryl methyl sites for hydroxylation is 1. The number of hydrogen-bond donors (Lipinski definition) is 2. The molecule has 1 aromatic heterocycles. The molecule has 4 nitrogen and oxygen atoms in total. The molecule has 0 radical (unpaired) electrons. The molecule has 2 rings (SSSR count). The van der Waals surface area contributed by atoms with Crippen LogP contribution in [0.5, 0.6) is 0 Å². The Labute approximate surface area is 147 Å². The maximum atomic E-state index is 12.0. The van der Waals surface area contributed by atoms with Crippen molar-refractivity contribution in [1.29, 1.82) is 0 Å². The minimum absolute atomic E-state index is 0. The van der Waals surface area contributed by atoms with Gasteiger partial charge in [0.25, 0.3) is 5.91 Å². The smallest absolute Gasteiger partial charge is 0.251 e. The van der Waals surface area contributed by atoms with E-state index in [1.807, 2.05) is 43.6 Å². The number of carbonyl (C=O) groups is 1. The SMILES string of the molecule is CNCCCNC(=O)c1cccc(-c2csc(C)n2)c1.Cl.Cl. The molecule has 0 saturated heterocycles. The number of nitrogens with one attached hydrogen (secondary N) is 2. The molecule has 1 heterocycles. The quantitative estimate of drug-likeness (QED) is 0.776. The molecule has 7 heteroatoms. The molecule has 2 N–H and O–H groups in total. The third-order valence-corrected chi connectivity index (χ3v) is 3.70. The van der Waals surface area contributed by atoms with Crippen LogP contribution in [0.4, 0.5) is 0 Å². The molecule has 0 atom stereocenters. The van der Waals surface area contributed by atoms with E-state index in [4.69, 9.17) is 0 Å². The van der Waals surface area contributed by atoms with Crippen LogP contribution in [0.2, 0.25) is 0 Å². The number of nitrogens with zero attached hydrogens (tertiary/aromatic N) is 1. The molecule has 0 unspecified atom stereocenters. The summed E-state index contributed by atoms with van der Waals surface area (Å²) < 4.78 is 0. The second-order valence-electron chi connectivity index (χ2n) is 4.55. The van der Waals surface area contributed by atoms with Crippen LogP contribution in [0.25, 0.3) is 11.3 Å². The van der Waals surface area contributed by atoms with Gasteiger partial charge in [0.05, 0.1) is 10.7 Å². The molecular weight excluding hydrogens is 341 g/mol. The fourth-order valence-corrected chi connectivity index (χ4v) is 2.51. The Morgan fingerprint density at radius 2 is 2.05 bits per heavy atom. The molecule has 0 aliphatic heterocycles. The van der Waals surface area contributed by atoms with Gasteiger partial charge in [-0.25, -0.2) is 4.98 Å². The van der Waals surface area contributed by atoms with Crippen LogP contribution in [-0.4, -0.2) is 31.0 Å². The predicted octanol–water partition coefficient (Wildman–Crippen LogP) is 3.30. The zero-order chi connectivity index (χ0) is 14.4. The molecule has 1 aromatic carbocycles. The molecule has 2 aromatic rings. The third kappa shape index (κ3) is 5.93. The van der Waals surface area contributed by atoms with Gasteiger partial charge in [0.15, 0.2) is 0 Å². The first kappa shape index (κ1) is 20.9. The fourth-order valence-electron chi connectivity index (χ4n) is 1.88. The van der Waals surface area contributed by atoms with Crippen LogP contribution < -0.4 is 10.6 Å². The van der Waals surface area contributed by atoms with E-state index in [-0.39, 0.29) is 30.7 Å². The van der Waals surface area contributed by atoms with E-state index in [0.717, 1.165) is 29.2 Å². The Morgan fingerprint density at radius 1 is 1.27 bits per heavy atom. The van der Waals surface area contributed by atoms with Gasteiger partial charge in [-0.3, -0.25) is 4.79 Å². The molecule has 0 fully saturated rings. The number of aromatic nitrogens is 1.